The van der Waals surface area contributed by atoms with Gasteiger partial charge < -0.3 is 4.74 Å². The summed E-state index contributed by atoms with van der Waals surface area (Å²) >= 11 is 0. The normalized spacial score (nSPS) is 11.3. The van der Waals surface area contributed by atoms with Gasteiger partial charge in [0.25, 0.3) is 0 Å². The highest BCUT2D eigenvalue weighted by Gasteiger charge is 2.17. The fourth-order valence-electron chi connectivity index (χ4n) is 1.68. The number of aryl methyl sites for hydroxylation is 1. The Labute approximate surface area is 108 Å². The Morgan fingerprint density at radius 3 is 2.50 bits per heavy atom. The van der Waals surface area contributed by atoms with Gasteiger partial charge in [0.2, 0.25) is 10.0 Å². The summed E-state index contributed by atoms with van der Waals surface area (Å²) in [5, 5.41) is 5.18. The van der Waals surface area contributed by atoms with E-state index in [-0.39, 0.29) is 17.4 Å². The molecule has 18 heavy (non-hydrogen) atoms. The van der Waals surface area contributed by atoms with E-state index in [4.69, 9.17) is 16.3 Å². The summed E-state index contributed by atoms with van der Waals surface area (Å²) < 4.78 is 28.3. The molecular formula is C13H17NO3S. The molecule has 0 aromatic heterocycles. The van der Waals surface area contributed by atoms with E-state index in [0.717, 1.165) is 5.56 Å². The Kier molecular flexibility index (Phi) is 4.38. The fourth-order valence-corrected chi connectivity index (χ4v) is 2.48. The molecule has 1 aromatic rings. The molecular weight excluding hydrogens is 250 g/mol. The van der Waals surface area contributed by atoms with Crippen LogP contribution in [0.5, 0.6) is 5.75 Å². The van der Waals surface area contributed by atoms with Gasteiger partial charge in [0.1, 0.15) is 12.4 Å². The predicted octanol–water partition coefficient (Wildman–Crippen LogP) is 1.78. The van der Waals surface area contributed by atoms with E-state index in [9.17, 15) is 8.42 Å². The van der Waals surface area contributed by atoms with E-state index in [1.165, 1.54) is 0 Å². The molecule has 4 nitrogen and oxygen atoms in total. The van der Waals surface area contributed by atoms with Crippen LogP contribution in [0.4, 0.5) is 0 Å². The zero-order chi connectivity index (χ0) is 13.9. The largest absolute Gasteiger partial charge is 0.481 e. The first kappa shape index (κ1) is 14.6. The van der Waals surface area contributed by atoms with Gasteiger partial charge in [-0.3, -0.25) is 0 Å². The van der Waals surface area contributed by atoms with Crippen LogP contribution in [0.2, 0.25) is 0 Å². The van der Waals surface area contributed by atoms with Gasteiger partial charge in [-0.1, -0.05) is 19.8 Å². The lowest BCUT2D eigenvalue weighted by Gasteiger charge is -2.16. The third-order valence-corrected chi connectivity index (χ3v) is 3.60. The lowest BCUT2D eigenvalue weighted by Crippen LogP contribution is -2.15. The Morgan fingerprint density at radius 2 is 2.06 bits per heavy atom. The predicted molar refractivity (Wildman–Crippen MR) is 71.0 cm³/mol. The van der Waals surface area contributed by atoms with Crippen LogP contribution in [0.3, 0.4) is 0 Å². The SMILES string of the molecule is C#CCOc1cc(C)c(S(N)(=O)=O)cc1C(C)C. The van der Waals surface area contributed by atoms with Crippen molar-refractivity contribution in [2.75, 3.05) is 6.61 Å². The smallest absolute Gasteiger partial charge is 0.238 e. The van der Waals surface area contributed by atoms with Crippen molar-refractivity contribution in [2.24, 2.45) is 5.14 Å². The van der Waals surface area contributed by atoms with Gasteiger partial charge in [-0.15, -0.1) is 6.42 Å². The molecule has 0 aliphatic heterocycles. The average Bonchev–Trinajstić information content (AvgIpc) is 2.23. The van der Waals surface area contributed by atoms with Gasteiger partial charge in [-0.25, -0.2) is 13.6 Å². The highest BCUT2D eigenvalue weighted by molar-refractivity contribution is 7.89. The van der Waals surface area contributed by atoms with Crippen molar-refractivity contribution >= 4 is 10.0 Å². The molecule has 0 saturated heterocycles. The zero-order valence-electron chi connectivity index (χ0n) is 10.7. The highest BCUT2D eigenvalue weighted by atomic mass is 32.2. The maximum atomic E-state index is 11.5. The van der Waals surface area contributed by atoms with Crippen LogP contribution in [0, 0.1) is 19.3 Å². The van der Waals surface area contributed by atoms with E-state index < -0.39 is 10.0 Å². The summed E-state index contributed by atoms with van der Waals surface area (Å²) in [5.74, 6) is 3.10. The molecule has 0 spiro atoms. The van der Waals surface area contributed by atoms with Crippen molar-refractivity contribution in [1.29, 1.82) is 0 Å². The molecule has 0 bridgehead atoms. The molecule has 1 aromatic carbocycles. The third-order valence-electron chi connectivity index (χ3n) is 2.55. The molecule has 0 aliphatic rings. The molecule has 98 valence electrons. The van der Waals surface area contributed by atoms with Gasteiger partial charge in [-0.2, -0.15) is 0 Å². The summed E-state index contributed by atoms with van der Waals surface area (Å²) in [5.41, 5.74) is 1.33. The molecule has 0 atom stereocenters. The summed E-state index contributed by atoms with van der Waals surface area (Å²) in [6, 6.07) is 3.22. The Bertz CT molecular complexity index is 583. The maximum absolute atomic E-state index is 11.5. The number of primary sulfonamides is 1. The van der Waals surface area contributed by atoms with Crippen LogP contribution in [0.1, 0.15) is 30.9 Å². The first-order valence-corrected chi connectivity index (χ1v) is 7.05. The number of hydrogen-bond donors (Lipinski definition) is 1. The summed E-state index contributed by atoms with van der Waals surface area (Å²) in [6.45, 7) is 5.71. The minimum Gasteiger partial charge on any atom is -0.481 e. The minimum atomic E-state index is -3.72. The number of terminal acetylenes is 1. The lowest BCUT2D eigenvalue weighted by atomic mass is 10.0. The number of nitrogens with two attached hydrogens (primary N) is 1. The number of sulfonamides is 1. The van der Waals surface area contributed by atoms with Crippen LogP contribution in [0.15, 0.2) is 17.0 Å². The monoisotopic (exact) mass is 267 g/mol. The molecule has 0 aliphatic carbocycles. The van der Waals surface area contributed by atoms with E-state index in [1.807, 2.05) is 13.8 Å². The molecule has 0 heterocycles. The van der Waals surface area contributed by atoms with Crippen LogP contribution in [-0.4, -0.2) is 15.0 Å². The molecule has 2 N–H and O–H groups in total. The first-order chi connectivity index (χ1) is 8.27. The minimum absolute atomic E-state index is 0.110. The average molecular weight is 267 g/mol. The van der Waals surface area contributed by atoms with Crippen molar-refractivity contribution < 1.29 is 13.2 Å². The number of rotatable bonds is 4. The molecule has 1 rings (SSSR count). The Balaban J connectivity index is 3.40. The molecule has 5 heteroatoms. The zero-order valence-corrected chi connectivity index (χ0v) is 11.5. The van der Waals surface area contributed by atoms with Gasteiger partial charge in [0.05, 0.1) is 4.90 Å². The molecule has 0 unspecified atom stereocenters. The molecule has 0 radical (unpaired) electrons. The van der Waals surface area contributed by atoms with Gasteiger partial charge in [-0.05, 0) is 36.1 Å². The third kappa shape index (κ3) is 3.25. The quantitative estimate of drug-likeness (QED) is 0.845. The standard InChI is InChI=1S/C13H17NO3S/c1-5-6-17-12-7-10(4)13(18(14,15)16)8-11(12)9(2)3/h1,7-9H,6H2,2-4H3,(H2,14,15,16). The van der Waals surface area contributed by atoms with E-state index >= 15 is 0 Å². The van der Waals surface area contributed by atoms with Crippen molar-refractivity contribution in [3.63, 3.8) is 0 Å². The number of ether oxygens (including phenoxy) is 1. The molecule has 0 fully saturated rings. The van der Waals surface area contributed by atoms with Gasteiger partial charge in [0.15, 0.2) is 0 Å². The highest BCUT2D eigenvalue weighted by Crippen LogP contribution is 2.31. The number of hydrogen-bond acceptors (Lipinski definition) is 3. The molecule has 0 amide bonds. The first-order valence-electron chi connectivity index (χ1n) is 5.51. The van der Waals surface area contributed by atoms with Gasteiger partial charge in [0, 0.05) is 0 Å². The lowest BCUT2D eigenvalue weighted by molar-refractivity contribution is 0.364. The van der Waals surface area contributed by atoms with Crippen molar-refractivity contribution in [3.05, 3.63) is 23.3 Å². The topological polar surface area (TPSA) is 69.4 Å². The van der Waals surface area contributed by atoms with Gasteiger partial charge >= 0.3 is 0 Å². The van der Waals surface area contributed by atoms with Crippen molar-refractivity contribution in [3.8, 4) is 18.1 Å². The van der Waals surface area contributed by atoms with Crippen LogP contribution < -0.4 is 9.88 Å². The van der Waals surface area contributed by atoms with Crippen molar-refractivity contribution in [2.45, 2.75) is 31.6 Å². The summed E-state index contributed by atoms with van der Waals surface area (Å²) in [6.07, 6.45) is 5.15. The van der Waals surface area contributed by atoms with E-state index in [2.05, 4.69) is 5.92 Å². The Hall–Kier alpha value is -1.51. The van der Waals surface area contributed by atoms with Crippen LogP contribution in [0.25, 0.3) is 0 Å². The van der Waals surface area contributed by atoms with E-state index in [0.29, 0.717) is 11.3 Å². The Morgan fingerprint density at radius 1 is 1.44 bits per heavy atom. The van der Waals surface area contributed by atoms with E-state index in [1.54, 1.807) is 19.1 Å². The maximum Gasteiger partial charge on any atom is 0.238 e. The van der Waals surface area contributed by atoms with Crippen LogP contribution in [-0.2, 0) is 10.0 Å². The summed E-state index contributed by atoms with van der Waals surface area (Å²) in [4.78, 5) is 0.124. The number of benzene rings is 1. The second-order valence-corrected chi connectivity index (χ2v) is 5.88. The van der Waals surface area contributed by atoms with Crippen molar-refractivity contribution in [1.82, 2.24) is 0 Å². The summed E-state index contributed by atoms with van der Waals surface area (Å²) in [7, 11) is -3.72. The second kappa shape index (κ2) is 5.42. The molecule has 0 saturated carbocycles. The second-order valence-electron chi connectivity index (χ2n) is 4.35. The fraction of sp³-hybridized carbons (Fsp3) is 0.385. The van der Waals surface area contributed by atoms with Crippen LogP contribution >= 0.6 is 0 Å².